The summed E-state index contributed by atoms with van der Waals surface area (Å²) in [6, 6.07) is 22.2. The highest BCUT2D eigenvalue weighted by Crippen LogP contribution is 2.24. The van der Waals surface area contributed by atoms with Crippen LogP contribution in [0.15, 0.2) is 73.1 Å². The Kier molecular flexibility index (Phi) is 5.76. The van der Waals surface area contributed by atoms with Crippen molar-refractivity contribution in [1.29, 1.82) is 0 Å². The highest BCUT2D eigenvalue weighted by atomic mass is 16.5. The molecule has 1 unspecified atom stereocenters. The first-order chi connectivity index (χ1) is 14.9. The van der Waals surface area contributed by atoms with E-state index in [1.807, 2.05) is 70.5 Å². The second-order valence-electron chi connectivity index (χ2n) is 7.93. The summed E-state index contributed by atoms with van der Waals surface area (Å²) in [5.74, 6) is 0.699. The molecule has 1 amide bonds. The summed E-state index contributed by atoms with van der Waals surface area (Å²) >= 11 is 0. The zero-order chi connectivity index (χ0) is 22.0. The van der Waals surface area contributed by atoms with Crippen LogP contribution >= 0.6 is 0 Å². The van der Waals surface area contributed by atoms with Gasteiger partial charge in [0.05, 0.1) is 17.1 Å². The Morgan fingerprint density at radius 1 is 1.06 bits per heavy atom. The third-order valence-corrected chi connectivity index (χ3v) is 5.78. The summed E-state index contributed by atoms with van der Waals surface area (Å²) in [6.07, 6.45) is 1.84. The third kappa shape index (κ3) is 4.31. The van der Waals surface area contributed by atoms with Crippen LogP contribution in [-0.2, 0) is 4.79 Å². The number of ether oxygens (including phenoxy) is 1. The van der Waals surface area contributed by atoms with Gasteiger partial charge in [-0.15, -0.1) is 0 Å². The van der Waals surface area contributed by atoms with Crippen molar-refractivity contribution in [3.63, 3.8) is 0 Å². The molecule has 4 aromatic rings. The van der Waals surface area contributed by atoms with Gasteiger partial charge in [-0.1, -0.05) is 36.4 Å². The molecule has 4 rings (SSSR count). The molecule has 0 saturated heterocycles. The number of fused-ring (bicyclic) bond motifs is 1. The fraction of sp³-hybridized carbons (Fsp3) is 0.231. The molecule has 1 aromatic heterocycles. The summed E-state index contributed by atoms with van der Waals surface area (Å²) in [5, 5.41) is 0. The molecule has 1 atom stereocenters. The summed E-state index contributed by atoms with van der Waals surface area (Å²) < 4.78 is 7.86. The van der Waals surface area contributed by atoms with Crippen LogP contribution in [0.1, 0.15) is 29.7 Å². The largest absolute Gasteiger partial charge is 0.483 e. The van der Waals surface area contributed by atoms with Gasteiger partial charge in [0, 0.05) is 12.7 Å². The minimum atomic E-state index is -0.0664. The number of imidazole rings is 1. The fourth-order valence-electron chi connectivity index (χ4n) is 3.62. The van der Waals surface area contributed by atoms with E-state index in [9.17, 15) is 4.79 Å². The predicted octanol–water partition coefficient (Wildman–Crippen LogP) is 5.24. The molecule has 5 heteroatoms. The molecule has 0 fully saturated rings. The SMILES string of the molecule is Cc1ccc(C)c(OCC(=O)N(C)C(C)c2ccc(-n3cnc4ccccc43)cc2)c1. The van der Waals surface area contributed by atoms with Crippen LogP contribution in [-0.4, -0.2) is 34.0 Å². The van der Waals surface area contributed by atoms with Crippen LogP contribution in [0, 0.1) is 13.8 Å². The summed E-state index contributed by atoms with van der Waals surface area (Å²) in [5.41, 5.74) is 6.28. The number of para-hydroxylation sites is 2. The van der Waals surface area contributed by atoms with Crippen LogP contribution < -0.4 is 4.74 Å². The lowest BCUT2D eigenvalue weighted by Gasteiger charge is -2.26. The van der Waals surface area contributed by atoms with Gasteiger partial charge in [0.2, 0.25) is 0 Å². The van der Waals surface area contributed by atoms with E-state index in [1.165, 1.54) is 0 Å². The quantitative estimate of drug-likeness (QED) is 0.434. The molecule has 31 heavy (non-hydrogen) atoms. The number of benzene rings is 3. The van der Waals surface area contributed by atoms with E-state index in [0.717, 1.165) is 39.2 Å². The van der Waals surface area contributed by atoms with Crippen LogP contribution in [0.2, 0.25) is 0 Å². The number of rotatable bonds is 6. The van der Waals surface area contributed by atoms with Crippen molar-refractivity contribution in [1.82, 2.24) is 14.5 Å². The maximum Gasteiger partial charge on any atom is 0.260 e. The smallest absolute Gasteiger partial charge is 0.260 e. The molecule has 0 radical (unpaired) electrons. The van der Waals surface area contributed by atoms with Gasteiger partial charge >= 0.3 is 0 Å². The highest BCUT2D eigenvalue weighted by molar-refractivity contribution is 5.78. The summed E-state index contributed by atoms with van der Waals surface area (Å²) in [7, 11) is 1.82. The van der Waals surface area contributed by atoms with Crippen molar-refractivity contribution in [3.8, 4) is 11.4 Å². The normalized spacial score (nSPS) is 12.0. The number of carbonyl (C=O) groups is 1. The van der Waals surface area contributed by atoms with Gasteiger partial charge in [0.1, 0.15) is 12.1 Å². The molecule has 158 valence electrons. The summed E-state index contributed by atoms with van der Waals surface area (Å²) in [6.45, 7) is 6.04. The van der Waals surface area contributed by atoms with Crippen LogP contribution in [0.25, 0.3) is 16.7 Å². The lowest BCUT2D eigenvalue weighted by molar-refractivity contribution is -0.134. The molecule has 0 spiro atoms. The van der Waals surface area contributed by atoms with Crippen LogP contribution in [0.5, 0.6) is 5.75 Å². The van der Waals surface area contributed by atoms with E-state index in [2.05, 4.69) is 39.9 Å². The number of aryl methyl sites for hydroxylation is 2. The van der Waals surface area contributed by atoms with E-state index >= 15 is 0 Å². The molecule has 5 nitrogen and oxygen atoms in total. The minimum absolute atomic E-state index is 0.0181. The van der Waals surface area contributed by atoms with Gasteiger partial charge in [0.15, 0.2) is 6.61 Å². The first-order valence-corrected chi connectivity index (χ1v) is 10.4. The lowest BCUT2D eigenvalue weighted by Crippen LogP contribution is -2.33. The molecule has 1 heterocycles. The van der Waals surface area contributed by atoms with E-state index < -0.39 is 0 Å². The maximum atomic E-state index is 12.7. The Bertz CT molecular complexity index is 1210. The Morgan fingerprint density at radius 3 is 2.58 bits per heavy atom. The third-order valence-electron chi connectivity index (χ3n) is 5.78. The number of amides is 1. The minimum Gasteiger partial charge on any atom is -0.483 e. The number of hydrogen-bond donors (Lipinski definition) is 0. The lowest BCUT2D eigenvalue weighted by atomic mass is 10.1. The second-order valence-corrected chi connectivity index (χ2v) is 7.93. The Morgan fingerprint density at radius 2 is 1.81 bits per heavy atom. The van der Waals surface area contributed by atoms with Crippen molar-refractivity contribution in [2.24, 2.45) is 0 Å². The van der Waals surface area contributed by atoms with Crippen LogP contribution in [0.4, 0.5) is 0 Å². The molecule has 0 aliphatic carbocycles. The van der Waals surface area contributed by atoms with Gasteiger partial charge in [0.25, 0.3) is 5.91 Å². The Hall–Kier alpha value is -3.60. The zero-order valence-corrected chi connectivity index (χ0v) is 18.4. The van der Waals surface area contributed by atoms with Gasteiger partial charge < -0.3 is 9.64 Å². The predicted molar refractivity (Wildman–Crippen MR) is 124 cm³/mol. The van der Waals surface area contributed by atoms with Gasteiger partial charge in [-0.2, -0.15) is 0 Å². The number of nitrogens with zero attached hydrogens (tertiary/aromatic N) is 3. The number of carbonyl (C=O) groups excluding carboxylic acids is 1. The van der Waals surface area contributed by atoms with E-state index in [0.29, 0.717) is 0 Å². The van der Waals surface area contributed by atoms with E-state index in [1.54, 1.807) is 4.90 Å². The maximum absolute atomic E-state index is 12.7. The standard InChI is InChI=1S/C26H27N3O2/c1-18-9-10-19(2)25(15-18)31-16-26(30)28(4)20(3)21-11-13-22(14-12-21)29-17-27-23-7-5-6-8-24(23)29/h5-15,17,20H,16H2,1-4H3. The van der Waals surface area contributed by atoms with E-state index in [4.69, 9.17) is 4.74 Å². The number of likely N-dealkylation sites (N-methyl/N-ethyl adjacent to an activating group) is 1. The van der Waals surface area contributed by atoms with Crippen molar-refractivity contribution < 1.29 is 9.53 Å². The van der Waals surface area contributed by atoms with Crippen molar-refractivity contribution in [2.45, 2.75) is 26.8 Å². The number of hydrogen-bond acceptors (Lipinski definition) is 3. The zero-order valence-electron chi connectivity index (χ0n) is 18.4. The Labute approximate surface area is 182 Å². The molecule has 3 aromatic carbocycles. The molecular formula is C26H27N3O2. The average Bonchev–Trinajstić information content (AvgIpc) is 3.23. The molecule has 0 aliphatic heterocycles. The van der Waals surface area contributed by atoms with Crippen molar-refractivity contribution in [3.05, 3.63) is 89.7 Å². The molecule has 0 bridgehead atoms. The highest BCUT2D eigenvalue weighted by Gasteiger charge is 2.18. The average molecular weight is 414 g/mol. The molecule has 0 aliphatic rings. The molecular weight excluding hydrogens is 386 g/mol. The summed E-state index contributed by atoms with van der Waals surface area (Å²) in [4.78, 5) is 18.9. The molecule has 0 N–H and O–H groups in total. The van der Waals surface area contributed by atoms with Gasteiger partial charge in [-0.25, -0.2) is 4.98 Å². The van der Waals surface area contributed by atoms with Gasteiger partial charge in [-0.05, 0) is 67.8 Å². The monoisotopic (exact) mass is 413 g/mol. The van der Waals surface area contributed by atoms with Crippen molar-refractivity contribution in [2.75, 3.05) is 13.7 Å². The Balaban J connectivity index is 1.44. The van der Waals surface area contributed by atoms with Gasteiger partial charge in [-0.3, -0.25) is 9.36 Å². The molecule has 0 saturated carbocycles. The van der Waals surface area contributed by atoms with Crippen molar-refractivity contribution >= 4 is 16.9 Å². The van der Waals surface area contributed by atoms with E-state index in [-0.39, 0.29) is 18.6 Å². The number of aromatic nitrogens is 2. The first-order valence-electron chi connectivity index (χ1n) is 10.4. The first kappa shape index (κ1) is 20.7. The fourth-order valence-corrected chi connectivity index (χ4v) is 3.62. The second kappa shape index (κ2) is 8.64. The topological polar surface area (TPSA) is 47.4 Å². The van der Waals surface area contributed by atoms with Crippen LogP contribution in [0.3, 0.4) is 0 Å².